The van der Waals surface area contributed by atoms with Gasteiger partial charge < -0.3 is 5.32 Å². The number of amides is 1. The maximum atomic E-state index is 12.6. The maximum Gasteiger partial charge on any atom is 0.290 e. The van der Waals surface area contributed by atoms with E-state index in [1.807, 2.05) is 6.92 Å². The number of hydrogen-bond acceptors (Lipinski definition) is 3. The number of thioether (sulfide) groups is 1. The van der Waals surface area contributed by atoms with Crippen LogP contribution in [0.15, 0.2) is 23.4 Å². The average molecular weight is 326 g/mol. The summed E-state index contributed by atoms with van der Waals surface area (Å²) < 4.78 is 25.1. The Bertz CT molecular complexity index is 555. The monoisotopic (exact) mass is 326 g/mol. The first-order chi connectivity index (χ1) is 10.5. The molecule has 1 N–H and O–H groups in total. The Kier molecular flexibility index (Phi) is 4.66. The van der Waals surface area contributed by atoms with Crippen LogP contribution in [0.2, 0.25) is 0 Å². The van der Waals surface area contributed by atoms with Gasteiger partial charge >= 0.3 is 0 Å². The summed E-state index contributed by atoms with van der Waals surface area (Å²) >= 11 is 0.320. The van der Waals surface area contributed by atoms with Gasteiger partial charge in [-0.2, -0.15) is 8.78 Å². The fourth-order valence-corrected chi connectivity index (χ4v) is 4.62. The van der Waals surface area contributed by atoms with E-state index < -0.39 is 5.76 Å². The number of carbonyl (C=O) groups is 1. The van der Waals surface area contributed by atoms with Gasteiger partial charge in [0.25, 0.3) is 11.7 Å². The van der Waals surface area contributed by atoms with Crippen LogP contribution >= 0.6 is 11.8 Å². The number of nitrogens with zero attached hydrogens (tertiary/aromatic N) is 1. The Hall–Kier alpha value is -1.17. The standard InChI is InChI=1S/C16H20F2N2OS/c1-9(13-8-10-4-5-11(13)7-10)20-14(21)12-3-2-6-19-15(12)22-16(17)18/h2-3,6,9-11,13,16H,4-5,7-8H2,1H3,(H,20,21). The van der Waals surface area contributed by atoms with Crippen LogP contribution in [0.5, 0.6) is 0 Å². The molecule has 1 aromatic rings. The van der Waals surface area contributed by atoms with Gasteiger partial charge in [0.05, 0.1) is 5.56 Å². The molecule has 0 saturated heterocycles. The summed E-state index contributed by atoms with van der Waals surface area (Å²) in [6, 6.07) is 3.24. The Morgan fingerprint density at radius 1 is 1.41 bits per heavy atom. The van der Waals surface area contributed by atoms with Gasteiger partial charge in [-0.15, -0.1) is 0 Å². The fourth-order valence-electron chi connectivity index (χ4n) is 4.04. The number of alkyl halides is 2. The summed E-state index contributed by atoms with van der Waals surface area (Å²) in [6.45, 7) is 2.03. The molecule has 2 bridgehead atoms. The van der Waals surface area contributed by atoms with Gasteiger partial charge in [-0.3, -0.25) is 4.79 Å². The predicted molar refractivity (Wildman–Crippen MR) is 82.0 cm³/mol. The number of pyridine rings is 1. The first kappa shape index (κ1) is 15.7. The van der Waals surface area contributed by atoms with Gasteiger partial charge in [0.2, 0.25) is 0 Å². The molecular formula is C16H20F2N2OS. The minimum atomic E-state index is -2.58. The van der Waals surface area contributed by atoms with Crippen molar-refractivity contribution in [2.24, 2.45) is 17.8 Å². The molecule has 0 radical (unpaired) electrons. The highest BCUT2D eigenvalue weighted by atomic mass is 32.2. The Labute approximate surface area is 133 Å². The van der Waals surface area contributed by atoms with E-state index in [9.17, 15) is 13.6 Å². The van der Waals surface area contributed by atoms with Crippen LogP contribution in [0.25, 0.3) is 0 Å². The molecule has 1 aromatic heterocycles. The van der Waals surface area contributed by atoms with Crippen LogP contribution in [0.4, 0.5) is 8.78 Å². The second kappa shape index (κ2) is 6.52. The van der Waals surface area contributed by atoms with Gasteiger partial charge in [-0.05, 0) is 67.8 Å². The van der Waals surface area contributed by atoms with Gasteiger partial charge in [0.1, 0.15) is 5.03 Å². The molecule has 22 heavy (non-hydrogen) atoms. The lowest BCUT2D eigenvalue weighted by Crippen LogP contribution is -2.40. The predicted octanol–water partition coefficient (Wildman–Crippen LogP) is 3.95. The van der Waals surface area contributed by atoms with Crippen LogP contribution in [-0.4, -0.2) is 22.7 Å². The topological polar surface area (TPSA) is 42.0 Å². The summed E-state index contributed by atoms with van der Waals surface area (Å²) in [4.78, 5) is 16.3. The Morgan fingerprint density at radius 2 is 2.23 bits per heavy atom. The highest BCUT2D eigenvalue weighted by Crippen LogP contribution is 2.49. The van der Waals surface area contributed by atoms with E-state index >= 15 is 0 Å². The van der Waals surface area contributed by atoms with Crippen molar-refractivity contribution < 1.29 is 13.6 Å². The lowest BCUT2D eigenvalue weighted by atomic mass is 9.84. The lowest BCUT2D eigenvalue weighted by molar-refractivity contribution is 0.0911. The molecule has 2 fully saturated rings. The zero-order chi connectivity index (χ0) is 15.7. The highest BCUT2D eigenvalue weighted by Gasteiger charge is 2.42. The van der Waals surface area contributed by atoms with Gasteiger partial charge in [0.15, 0.2) is 0 Å². The molecule has 2 aliphatic carbocycles. The summed E-state index contributed by atoms with van der Waals surface area (Å²) in [5, 5.41) is 3.09. The second-order valence-corrected chi connectivity index (χ2v) is 7.31. The smallest absolute Gasteiger partial charge is 0.290 e. The quantitative estimate of drug-likeness (QED) is 0.833. The van der Waals surface area contributed by atoms with Crippen LogP contribution in [0, 0.1) is 17.8 Å². The van der Waals surface area contributed by atoms with Crippen LogP contribution in [0.3, 0.4) is 0 Å². The van der Waals surface area contributed by atoms with E-state index in [2.05, 4.69) is 10.3 Å². The third kappa shape index (κ3) is 3.26. The van der Waals surface area contributed by atoms with Crippen LogP contribution < -0.4 is 5.32 Å². The molecule has 0 spiro atoms. The molecule has 6 heteroatoms. The normalized spacial score (nSPS) is 28.1. The van der Waals surface area contributed by atoms with Crippen molar-refractivity contribution in [2.75, 3.05) is 0 Å². The molecule has 4 atom stereocenters. The maximum absolute atomic E-state index is 12.6. The molecule has 120 valence electrons. The fraction of sp³-hybridized carbons (Fsp3) is 0.625. The SMILES string of the molecule is CC(NC(=O)c1cccnc1SC(F)F)C1CC2CCC1C2. The molecule has 1 heterocycles. The van der Waals surface area contributed by atoms with Gasteiger partial charge in [-0.25, -0.2) is 4.98 Å². The van der Waals surface area contributed by atoms with Crippen molar-refractivity contribution in [3.05, 3.63) is 23.9 Å². The molecule has 1 amide bonds. The van der Waals surface area contributed by atoms with E-state index in [4.69, 9.17) is 0 Å². The first-order valence-electron chi connectivity index (χ1n) is 7.75. The number of aromatic nitrogens is 1. The van der Waals surface area contributed by atoms with E-state index in [-0.39, 0.29) is 22.5 Å². The molecule has 0 aromatic carbocycles. The van der Waals surface area contributed by atoms with E-state index in [0.717, 1.165) is 5.92 Å². The molecule has 0 aliphatic heterocycles. The van der Waals surface area contributed by atoms with Crippen molar-refractivity contribution in [1.82, 2.24) is 10.3 Å². The van der Waals surface area contributed by atoms with Crippen molar-refractivity contribution in [3.8, 4) is 0 Å². The number of halogens is 2. The van der Waals surface area contributed by atoms with Gasteiger partial charge in [0, 0.05) is 12.2 Å². The Morgan fingerprint density at radius 3 is 2.86 bits per heavy atom. The lowest BCUT2D eigenvalue weighted by Gasteiger charge is -2.28. The summed E-state index contributed by atoms with van der Waals surface area (Å²) in [5.74, 6) is -0.830. The summed E-state index contributed by atoms with van der Waals surface area (Å²) in [5.41, 5.74) is 0.239. The van der Waals surface area contributed by atoms with E-state index in [1.54, 1.807) is 12.1 Å². The van der Waals surface area contributed by atoms with E-state index in [0.29, 0.717) is 23.6 Å². The molecule has 2 saturated carbocycles. The third-order valence-electron chi connectivity index (χ3n) is 5.01. The minimum absolute atomic E-state index is 0.0763. The van der Waals surface area contributed by atoms with E-state index in [1.165, 1.54) is 31.9 Å². The van der Waals surface area contributed by atoms with Crippen molar-refractivity contribution in [1.29, 1.82) is 0 Å². The van der Waals surface area contributed by atoms with Crippen molar-refractivity contribution >= 4 is 17.7 Å². The molecule has 4 unspecified atom stereocenters. The van der Waals surface area contributed by atoms with Crippen LogP contribution in [0.1, 0.15) is 43.0 Å². The second-order valence-electron chi connectivity index (χ2n) is 6.34. The van der Waals surface area contributed by atoms with Crippen molar-refractivity contribution in [2.45, 2.75) is 49.4 Å². The number of fused-ring (bicyclic) bond motifs is 2. The number of rotatable bonds is 5. The largest absolute Gasteiger partial charge is 0.349 e. The third-order valence-corrected chi connectivity index (χ3v) is 5.74. The number of carbonyl (C=O) groups excluding carboxylic acids is 1. The summed E-state index contributed by atoms with van der Waals surface area (Å²) in [6.07, 6.45) is 6.47. The number of hydrogen-bond donors (Lipinski definition) is 1. The minimum Gasteiger partial charge on any atom is -0.349 e. The highest BCUT2D eigenvalue weighted by molar-refractivity contribution is 7.99. The zero-order valence-electron chi connectivity index (χ0n) is 12.5. The molecule has 3 nitrogen and oxygen atoms in total. The first-order valence-corrected chi connectivity index (χ1v) is 8.63. The average Bonchev–Trinajstić information content (AvgIpc) is 3.09. The Balaban J connectivity index is 1.67. The van der Waals surface area contributed by atoms with Gasteiger partial charge in [-0.1, -0.05) is 6.42 Å². The molecule has 2 aliphatic rings. The number of nitrogens with one attached hydrogen (secondary N) is 1. The molecule has 3 rings (SSSR count). The summed E-state index contributed by atoms with van der Waals surface area (Å²) in [7, 11) is 0. The van der Waals surface area contributed by atoms with Crippen LogP contribution in [-0.2, 0) is 0 Å². The molecular weight excluding hydrogens is 306 g/mol. The van der Waals surface area contributed by atoms with Crippen molar-refractivity contribution in [3.63, 3.8) is 0 Å². The zero-order valence-corrected chi connectivity index (χ0v) is 13.3.